The highest BCUT2D eigenvalue weighted by Gasteiger charge is 2.11. The summed E-state index contributed by atoms with van der Waals surface area (Å²) in [5.74, 6) is 0.163. The van der Waals surface area contributed by atoms with Gasteiger partial charge < -0.3 is 16.2 Å². The summed E-state index contributed by atoms with van der Waals surface area (Å²) in [7, 11) is 0. The maximum atomic E-state index is 14.7. The Morgan fingerprint density at radius 2 is 2.07 bits per heavy atom. The molecule has 4 aromatic rings. The third-order valence-electron chi connectivity index (χ3n) is 4.43. The fourth-order valence-corrected chi connectivity index (χ4v) is 2.97. The van der Waals surface area contributed by atoms with Gasteiger partial charge in [0.2, 0.25) is 0 Å². The lowest BCUT2D eigenvalue weighted by atomic mass is 10.1. The van der Waals surface area contributed by atoms with Crippen LogP contribution in [0.1, 0.15) is 5.56 Å². The molecule has 3 heterocycles. The van der Waals surface area contributed by atoms with Crippen LogP contribution in [0.5, 0.6) is 0 Å². The maximum Gasteiger partial charge on any atom is 0.150 e. The molecule has 3 aromatic heterocycles. The van der Waals surface area contributed by atoms with E-state index in [2.05, 4.69) is 20.4 Å². The second-order valence-corrected chi connectivity index (χ2v) is 6.31. The second kappa shape index (κ2) is 7.61. The molecule has 4 N–H and O–H groups in total. The van der Waals surface area contributed by atoms with E-state index in [1.807, 2.05) is 0 Å². The number of anilines is 2. The van der Waals surface area contributed by atoms with Crippen molar-refractivity contribution in [2.24, 2.45) is 0 Å². The number of hydrogen-bond donors (Lipinski definition) is 3. The van der Waals surface area contributed by atoms with Crippen molar-refractivity contribution in [1.82, 2.24) is 19.7 Å². The number of aromatic nitrogens is 4. The van der Waals surface area contributed by atoms with Gasteiger partial charge in [0.05, 0.1) is 36.2 Å². The smallest absolute Gasteiger partial charge is 0.150 e. The van der Waals surface area contributed by atoms with Gasteiger partial charge in [-0.1, -0.05) is 6.07 Å². The normalized spacial score (nSPS) is 11.1. The number of hydrogen-bond acceptors (Lipinski definition) is 6. The average Bonchev–Trinajstić information content (AvgIpc) is 3.18. The molecule has 0 bridgehead atoms. The van der Waals surface area contributed by atoms with Crippen LogP contribution in [0.4, 0.5) is 15.9 Å². The van der Waals surface area contributed by atoms with E-state index < -0.39 is 0 Å². The Hall–Kier alpha value is -3.52. The number of nitrogen functional groups attached to an aromatic ring is 1. The van der Waals surface area contributed by atoms with Crippen molar-refractivity contribution in [2.75, 3.05) is 17.7 Å². The Balaban J connectivity index is 1.57. The Morgan fingerprint density at radius 3 is 2.93 bits per heavy atom. The third-order valence-corrected chi connectivity index (χ3v) is 4.43. The molecule has 0 spiro atoms. The Kier molecular flexibility index (Phi) is 4.86. The lowest BCUT2D eigenvalue weighted by Gasteiger charge is -2.11. The molecule has 142 valence electrons. The fraction of sp³-hybridized carbons (Fsp3) is 0.150. The van der Waals surface area contributed by atoms with Crippen molar-refractivity contribution in [3.05, 3.63) is 66.4 Å². The molecule has 0 saturated carbocycles. The van der Waals surface area contributed by atoms with E-state index in [0.717, 1.165) is 5.56 Å². The van der Waals surface area contributed by atoms with E-state index in [0.29, 0.717) is 40.2 Å². The number of pyridine rings is 2. The van der Waals surface area contributed by atoms with Gasteiger partial charge in [0.1, 0.15) is 11.6 Å². The van der Waals surface area contributed by atoms with Crippen LogP contribution in [0.25, 0.3) is 22.2 Å². The minimum atomic E-state index is -0.307. The summed E-state index contributed by atoms with van der Waals surface area (Å²) < 4.78 is 16.4. The number of halogens is 1. The summed E-state index contributed by atoms with van der Waals surface area (Å²) in [5, 5.41) is 16.8. The second-order valence-electron chi connectivity index (χ2n) is 6.31. The zero-order valence-corrected chi connectivity index (χ0v) is 15.0. The SMILES string of the molecule is Nc1ccc(-c2cnn(CCO)c2)nc1NCc1ccc2ncccc2c1F. The minimum absolute atomic E-state index is 0.00986. The molecule has 0 unspecified atom stereocenters. The van der Waals surface area contributed by atoms with Gasteiger partial charge in [0.15, 0.2) is 0 Å². The first kappa shape index (κ1) is 17.9. The topological polar surface area (TPSA) is 102 Å². The molecule has 8 heteroatoms. The molecular formula is C20H19FN6O. The minimum Gasteiger partial charge on any atom is -0.396 e. The molecule has 0 amide bonds. The van der Waals surface area contributed by atoms with Crippen molar-refractivity contribution in [3.63, 3.8) is 0 Å². The highest BCUT2D eigenvalue weighted by molar-refractivity contribution is 5.80. The summed E-state index contributed by atoms with van der Waals surface area (Å²) in [5.41, 5.74) is 9.10. The van der Waals surface area contributed by atoms with Crippen molar-refractivity contribution < 1.29 is 9.50 Å². The van der Waals surface area contributed by atoms with E-state index in [1.54, 1.807) is 59.7 Å². The molecule has 0 saturated heterocycles. The van der Waals surface area contributed by atoms with Gasteiger partial charge in [-0.2, -0.15) is 5.10 Å². The van der Waals surface area contributed by atoms with Crippen molar-refractivity contribution in [2.45, 2.75) is 13.1 Å². The zero-order chi connectivity index (χ0) is 19.5. The quantitative estimate of drug-likeness (QED) is 0.477. The monoisotopic (exact) mass is 378 g/mol. The van der Waals surface area contributed by atoms with Crippen LogP contribution >= 0.6 is 0 Å². The molecule has 0 aliphatic carbocycles. The first-order chi connectivity index (χ1) is 13.7. The zero-order valence-electron chi connectivity index (χ0n) is 15.0. The first-order valence-electron chi connectivity index (χ1n) is 8.82. The maximum absolute atomic E-state index is 14.7. The largest absolute Gasteiger partial charge is 0.396 e. The van der Waals surface area contributed by atoms with Crippen LogP contribution in [0.3, 0.4) is 0 Å². The van der Waals surface area contributed by atoms with E-state index >= 15 is 0 Å². The first-order valence-corrected chi connectivity index (χ1v) is 8.82. The highest BCUT2D eigenvalue weighted by Crippen LogP contribution is 2.25. The molecule has 0 aliphatic heterocycles. The van der Waals surface area contributed by atoms with Crippen molar-refractivity contribution >= 4 is 22.4 Å². The molecule has 4 rings (SSSR count). The molecule has 28 heavy (non-hydrogen) atoms. The number of benzene rings is 1. The van der Waals surface area contributed by atoms with Gasteiger partial charge in [0, 0.05) is 35.5 Å². The van der Waals surface area contributed by atoms with Crippen LogP contribution in [0.15, 0.2) is 55.0 Å². The molecular weight excluding hydrogens is 359 g/mol. The Labute approximate surface area is 160 Å². The fourth-order valence-electron chi connectivity index (χ4n) is 2.97. The summed E-state index contributed by atoms with van der Waals surface area (Å²) in [6.07, 6.45) is 5.11. The van der Waals surface area contributed by atoms with Gasteiger partial charge in [0.25, 0.3) is 0 Å². The molecule has 7 nitrogen and oxygen atoms in total. The van der Waals surface area contributed by atoms with Crippen LogP contribution in [-0.4, -0.2) is 31.5 Å². The number of rotatable bonds is 6. The summed E-state index contributed by atoms with van der Waals surface area (Å²) >= 11 is 0. The van der Waals surface area contributed by atoms with Crippen molar-refractivity contribution in [3.8, 4) is 11.3 Å². The predicted molar refractivity (Wildman–Crippen MR) is 106 cm³/mol. The van der Waals surface area contributed by atoms with Crippen LogP contribution in [0.2, 0.25) is 0 Å². The van der Waals surface area contributed by atoms with E-state index in [-0.39, 0.29) is 19.0 Å². The highest BCUT2D eigenvalue weighted by atomic mass is 19.1. The van der Waals surface area contributed by atoms with Crippen molar-refractivity contribution in [1.29, 1.82) is 0 Å². The van der Waals surface area contributed by atoms with Crippen LogP contribution < -0.4 is 11.1 Å². The number of nitrogens with two attached hydrogens (primary N) is 1. The molecule has 1 aromatic carbocycles. The Morgan fingerprint density at radius 1 is 1.18 bits per heavy atom. The number of nitrogens with zero attached hydrogens (tertiary/aromatic N) is 4. The number of aliphatic hydroxyl groups is 1. The lowest BCUT2D eigenvalue weighted by Crippen LogP contribution is -2.07. The average molecular weight is 378 g/mol. The standard InChI is InChI=1S/C20H19FN6O/c21-19-13(3-5-18-15(19)2-1-7-23-18)10-24-20-16(22)4-6-17(26-20)14-11-25-27(12-14)8-9-28/h1-7,11-12,28H,8-10,22H2,(H,24,26). The summed E-state index contributed by atoms with van der Waals surface area (Å²) in [6, 6.07) is 10.5. The molecule has 0 radical (unpaired) electrons. The number of nitrogens with one attached hydrogen (secondary N) is 1. The van der Waals surface area contributed by atoms with Gasteiger partial charge in [-0.15, -0.1) is 0 Å². The molecule has 0 fully saturated rings. The van der Waals surface area contributed by atoms with Gasteiger partial charge >= 0.3 is 0 Å². The van der Waals surface area contributed by atoms with Crippen LogP contribution in [-0.2, 0) is 13.1 Å². The molecule has 0 aliphatic rings. The number of aliphatic hydroxyl groups excluding tert-OH is 1. The third kappa shape index (κ3) is 3.49. The Bertz CT molecular complexity index is 1130. The lowest BCUT2D eigenvalue weighted by molar-refractivity contribution is 0.269. The van der Waals surface area contributed by atoms with Gasteiger partial charge in [-0.25, -0.2) is 9.37 Å². The van der Waals surface area contributed by atoms with Gasteiger partial charge in [-0.05, 0) is 30.3 Å². The van der Waals surface area contributed by atoms with Crippen LogP contribution in [0, 0.1) is 5.82 Å². The van der Waals surface area contributed by atoms with E-state index in [4.69, 9.17) is 10.8 Å². The van der Waals surface area contributed by atoms with E-state index in [1.165, 1.54) is 0 Å². The summed E-state index contributed by atoms with van der Waals surface area (Å²) in [4.78, 5) is 8.70. The molecule has 0 atom stereocenters. The summed E-state index contributed by atoms with van der Waals surface area (Å²) in [6.45, 7) is 0.660. The predicted octanol–water partition coefficient (Wildman–Crippen LogP) is 2.82. The van der Waals surface area contributed by atoms with Gasteiger partial charge in [-0.3, -0.25) is 9.67 Å². The number of fused-ring (bicyclic) bond motifs is 1. The van der Waals surface area contributed by atoms with E-state index in [9.17, 15) is 4.39 Å².